The normalized spacial score (nSPS) is 33.2. The molecule has 1 aliphatic carbocycles. The Morgan fingerprint density at radius 1 is 1.20 bits per heavy atom. The molecule has 0 amide bonds. The van der Waals surface area contributed by atoms with Crippen LogP contribution in [0.3, 0.4) is 0 Å². The van der Waals surface area contributed by atoms with Crippen LogP contribution in [0.25, 0.3) is 0 Å². The molecular weight excluding hydrogens is 132 g/mol. The average molecular weight is 141 g/mol. The molecule has 4 nitrogen and oxygen atoms in total. The van der Waals surface area contributed by atoms with E-state index in [1.54, 1.807) is 6.42 Å². The highest BCUT2D eigenvalue weighted by molar-refractivity contribution is 4.92. The van der Waals surface area contributed by atoms with E-state index >= 15 is 0 Å². The molecule has 2 unspecified atom stereocenters. The van der Waals surface area contributed by atoms with Crippen LogP contribution in [0.5, 0.6) is 0 Å². The zero-order valence-corrected chi connectivity index (χ0v) is 5.56. The minimum absolute atomic E-state index is 0.113. The van der Waals surface area contributed by atoms with Crippen LogP contribution in [-0.4, -0.2) is 12.1 Å². The van der Waals surface area contributed by atoms with E-state index in [-0.39, 0.29) is 12.1 Å². The van der Waals surface area contributed by atoms with Gasteiger partial charge in [0, 0.05) is 0 Å². The van der Waals surface area contributed by atoms with Crippen LogP contribution in [0, 0.1) is 16.2 Å². The molecular formula is C6H9N2O2. The molecule has 55 valence electrons. The average Bonchev–Trinajstić information content (AvgIpc) is 2.05. The van der Waals surface area contributed by atoms with Crippen LogP contribution in [0.15, 0.2) is 10.4 Å². The monoisotopic (exact) mass is 141 g/mol. The number of hydrogen-bond acceptors (Lipinski definition) is 4. The summed E-state index contributed by atoms with van der Waals surface area (Å²) in [4.78, 5) is 19.9. The summed E-state index contributed by atoms with van der Waals surface area (Å²) in [6.07, 6.45) is 3.76. The maximum absolute atomic E-state index is 9.98. The quantitative estimate of drug-likeness (QED) is 0.549. The van der Waals surface area contributed by atoms with Crippen molar-refractivity contribution in [3.8, 4) is 0 Å². The molecule has 0 aliphatic heterocycles. The van der Waals surface area contributed by atoms with E-state index in [1.165, 1.54) is 0 Å². The first-order valence-electron chi connectivity index (χ1n) is 3.35. The summed E-state index contributed by atoms with van der Waals surface area (Å²) in [5.74, 6) is 0. The highest BCUT2D eigenvalue weighted by atomic mass is 16.3. The lowest BCUT2D eigenvalue weighted by atomic mass is 9.92. The van der Waals surface area contributed by atoms with Gasteiger partial charge in [-0.25, -0.2) is 0 Å². The fraction of sp³-hybridized carbons (Fsp3) is 0.833. The molecule has 1 fully saturated rings. The van der Waals surface area contributed by atoms with E-state index in [0.29, 0.717) is 19.3 Å². The smallest absolute Gasteiger partial charge is 0.0952 e. The second-order valence-electron chi connectivity index (χ2n) is 2.48. The molecule has 0 bridgehead atoms. The summed E-state index contributed by atoms with van der Waals surface area (Å²) >= 11 is 0. The van der Waals surface area contributed by atoms with E-state index in [2.05, 4.69) is 10.4 Å². The number of rotatable bonds is 2. The van der Waals surface area contributed by atoms with Crippen molar-refractivity contribution in [2.45, 2.75) is 31.3 Å². The highest BCUT2D eigenvalue weighted by Gasteiger charge is 2.21. The molecule has 0 aromatic carbocycles. The minimum Gasteiger partial charge on any atom is -0.151 e. The van der Waals surface area contributed by atoms with Gasteiger partial charge in [-0.3, -0.25) is 0 Å². The fourth-order valence-corrected chi connectivity index (χ4v) is 1.10. The SMILES string of the molecule is O=NC1[CH]CC(N=O)CC1. The molecule has 10 heavy (non-hydrogen) atoms. The van der Waals surface area contributed by atoms with Gasteiger partial charge >= 0.3 is 0 Å². The van der Waals surface area contributed by atoms with E-state index in [1.807, 2.05) is 0 Å². The molecule has 2 atom stereocenters. The van der Waals surface area contributed by atoms with E-state index < -0.39 is 0 Å². The first-order valence-corrected chi connectivity index (χ1v) is 3.35. The van der Waals surface area contributed by atoms with Crippen LogP contribution < -0.4 is 0 Å². The summed E-state index contributed by atoms with van der Waals surface area (Å²) < 4.78 is 0. The summed E-state index contributed by atoms with van der Waals surface area (Å²) in [6, 6.07) is -0.295. The van der Waals surface area contributed by atoms with Gasteiger partial charge in [0.1, 0.15) is 0 Å². The first-order chi connectivity index (χ1) is 4.86. The van der Waals surface area contributed by atoms with Crippen molar-refractivity contribution < 1.29 is 0 Å². The predicted molar refractivity (Wildman–Crippen MR) is 37.3 cm³/mol. The Labute approximate surface area is 58.9 Å². The number of hydrogen-bond donors (Lipinski definition) is 0. The lowest BCUT2D eigenvalue weighted by Crippen LogP contribution is -2.19. The molecule has 0 saturated heterocycles. The molecule has 0 heterocycles. The van der Waals surface area contributed by atoms with E-state index in [4.69, 9.17) is 0 Å². The van der Waals surface area contributed by atoms with Gasteiger partial charge in [0.2, 0.25) is 0 Å². The molecule has 0 N–H and O–H groups in total. The van der Waals surface area contributed by atoms with Gasteiger partial charge in [0.05, 0.1) is 12.1 Å². The predicted octanol–water partition coefficient (Wildman–Crippen LogP) is 1.64. The zero-order chi connectivity index (χ0) is 7.40. The largest absolute Gasteiger partial charge is 0.151 e. The molecule has 1 radical (unpaired) electrons. The highest BCUT2D eigenvalue weighted by Crippen LogP contribution is 2.21. The number of nitroso groups, excluding NO2 is 2. The van der Waals surface area contributed by atoms with Gasteiger partial charge in [-0.15, -0.1) is 0 Å². The van der Waals surface area contributed by atoms with Gasteiger partial charge in [-0.05, 0) is 25.7 Å². The Morgan fingerprint density at radius 3 is 2.40 bits per heavy atom. The Morgan fingerprint density at radius 2 is 2.00 bits per heavy atom. The van der Waals surface area contributed by atoms with Crippen LogP contribution in [-0.2, 0) is 0 Å². The third kappa shape index (κ3) is 1.59. The zero-order valence-electron chi connectivity index (χ0n) is 5.56. The molecule has 0 aromatic rings. The molecule has 1 saturated carbocycles. The Bertz CT molecular complexity index is 114. The fourth-order valence-electron chi connectivity index (χ4n) is 1.10. The second kappa shape index (κ2) is 3.39. The second-order valence-corrected chi connectivity index (χ2v) is 2.48. The van der Waals surface area contributed by atoms with Crippen molar-refractivity contribution >= 4 is 0 Å². The molecule has 0 spiro atoms. The van der Waals surface area contributed by atoms with Crippen LogP contribution in [0.4, 0.5) is 0 Å². The molecule has 1 rings (SSSR count). The molecule has 1 aliphatic rings. The maximum Gasteiger partial charge on any atom is 0.0952 e. The van der Waals surface area contributed by atoms with Crippen molar-refractivity contribution in [3.05, 3.63) is 16.2 Å². The van der Waals surface area contributed by atoms with E-state index in [0.717, 1.165) is 0 Å². The van der Waals surface area contributed by atoms with Crippen LogP contribution in [0.1, 0.15) is 19.3 Å². The van der Waals surface area contributed by atoms with Crippen molar-refractivity contribution in [2.24, 2.45) is 10.4 Å². The number of nitrogens with zero attached hydrogens (tertiary/aromatic N) is 2. The van der Waals surface area contributed by atoms with Crippen molar-refractivity contribution in [1.82, 2.24) is 0 Å². The standard InChI is InChI=1S/C6H9N2O2/c9-7-5-1-2-6(8-10)4-3-5/h1,5-6H,2-4H2. The Kier molecular flexibility index (Phi) is 2.48. The van der Waals surface area contributed by atoms with Gasteiger partial charge in [-0.1, -0.05) is 10.4 Å². The molecule has 4 heteroatoms. The third-order valence-electron chi connectivity index (χ3n) is 1.76. The van der Waals surface area contributed by atoms with Crippen LogP contribution in [0.2, 0.25) is 0 Å². The maximum atomic E-state index is 9.98. The summed E-state index contributed by atoms with van der Waals surface area (Å²) in [5, 5.41) is 5.76. The van der Waals surface area contributed by atoms with Crippen molar-refractivity contribution in [2.75, 3.05) is 0 Å². The van der Waals surface area contributed by atoms with Gasteiger partial charge in [0.25, 0.3) is 0 Å². The minimum atomic E-state index is -0.182. The summed E-state index contributed by atoms with van der Waals surface area (Å²) in [5.41, 5.74) is 0. The van der Waals surface area contributed by atoms with Gasteiger partial charge in [-0.2, -0.15) is 9.81 Å². The Balaban J connectivity index is 2.30. The van der Waals surface area contributed by atoms with Gasteiger partial charge < -0.3 is 0 Å². The van der Waals surface area contributed by atoms with Crippen LogP contribution >= 0.6 is 0 Å². The van der Waals surface area contributed by atoms with Gasteiger partial charge in [0.15, 0.2) is 0 Å². The van der Waals surface area contributed by atoms with Crippen molar-refractivity contribution in [1.29, 1.82) is 0 Å². The molecule has 0 aromatic heterocycles. The van der Waals surface area contributed by atoms with Crippen molar-refractivity contribution in [3.63, 3.8) is 0 Å². The van der Waals surface area contributed by atoms with E-state index in [9.17, 15) is 9.81 Å². The lowest BCUT2D eigenvalue weighted by Gasteiger charge is -2.17. The summed E-state index contributed by atoms with van der Waals surface area (Å²) in [6.45, 7) is 0. The first kappa shape index (κ1) is 7.31. The Hall–Kier alpha value is -0.800. The lowest BCUT2D eigenvalue weighted by molar-refractivity contribution is 0.469. The topological polar surface area (TPSA) is 58.9 Å². The third-order valence-corrected chi connectivity index (χ3v) is 1.76. The summed E-state index contributed by atoms with van der Waals surface area (Å²) in [7, 11) is 0.